The highest BCUT2D eigenvalue weighted by molar-refractivity contribution is 5.71. The summed E-state index contributed by atoms with van der Waals surface area (Å²) in [6, 6.07) is 0. The number of carbonyl (C=O) groups is 3. The molecule has 0 fully saturated rings. The van der Waals surface area contributed by atoms with Crippen molar-refractivity contribution in [3.05, 3.63) is 0 Å². The van der Waals surface area contributed by atoms with Crippen LogP contribution in [0.5, 0.6) is 0 Å². The summed E-state index contributed by atoms with van der Waals surface area (Å²) in [6.45, 7) is 8.97. The fraction of sp³-hybridized carbons (Fsp3) is 0.936. The van der Waals surface area contributed by atoms with E-state index in [9.17, 15) is 14.4 Å². The van der Waals surface area contributed by atoms with E-state index in [-0.39, 0.29) is 31.1 Å². The van der Waals surface area contributed by atoms with Crippen LogP contribution in [0.1, 0.15) is 259 Å². The third-order valence-electron chi connectivity index (χ3n) is 10.9. The minimum absolute atomic E-state index is 0.0646. The van der Waals surface area contributed by atoms with E-state index in [4.69, 9.17) is 14.2 Å². The number of carbonyl (C=O) groups excluding carboxylic acids is 3. The summed E-state index contributed by atoms with van der Waals surface area (Å²) in [6.07, 6.45) is 40.9. The van der Waals surface area contributed by atoms with Crippen molar-refractivity contribution in [3.8, 4) is 0 Å². The van der Waals surface area contributed by atoms with Crippen LogP contribution in [-0.4, -0.2) is 37.2 Å². The Morgan fingerprint density at radius 1 is 0.377 bits per heavy atom. The van der Waals surface area contributed by atoms with Gasteiger partial charge in [-0.15, -0.1) is 0 Å². The van der Waals surface area contributed by atoms with E-state index >= 15 is 0 Å². The molecule has 0 rings (SSSR count). The van der Waals surface area contributed by atoms with Gasteiger partial charge in [-0.05, 0) is 25.2 Å². The van der Waals surface area contributed by atoms with Gasteiger partial charge in [-0.2, -0.15) is 0 Å². The summed E-state index contributed by atoms with van der Waals surface area (Å²) in [4.78, 5) is 37.6. The van der Waals surface area contributed by atoms with Gasteiger partial charge in [0.25, 0.3) is 0 Å². The van der Waals surface area contributed by atoms with Crippen molar-refractivity contribution in [2.45, 2.75) is 265 Å². The van der Waals surface area contributed by atoms with E-state index in [2.05, 4.69) is 27.7 Å². The fourth-order valence-corrected chi connectivity index (χ4v) is 6.95. The third kappa shape index (κ3) is 39.9. The Kier molecular flexibility index (Phi) is 40.3. The second-order valence-corrected chi connectivity index (χ2v) is 16.3. The van der Waals surface area contributed by atoms with Crippen LogP contribution in [0, 0.1) is 5.92 Å². The first-order chi connectivity index (χ1) is 25.9. The highest BCUT2D eigenvalue weighted by atomic mass is 16.6. The summed E-state index contributed by atoms with van der Waals surface area (Å²) >= 11 is 0. The molecule has 0 N–H and O–H groups in total. The summed E-state index contributed by atoms with van der Waals surface area (Å²) in [7, 11) is 0. The molecule has 0 saturated carbocycles. The number of rotatable bonds is 42. The molecule has 0 aliphatic rings. The first-order valence-corrected chi connectivity index (χ1v) is 23.4. The molecule has 6 nitrogen and oxygen atoms in total. The predicted molar refractivity (Wildman–Crippen MR) is 224 cm³/mol. The number of hydrogen-bond acceptors (Lipinski definition) is 6. The summed E-state index contributed by atoms with van der Waals surface area (Å²) < 4.78 is 16.7. The lowest BCUT2D eigenvalue weighted by atomic mass is 9.99. The van der Waals surface area contributed by atoms with Crippen molar-refractivity contribution in [1.82, 2.24) is 0 Å². The molecule has 0 aliphatic heterocycles. The quantitative estimate of drug-likeness (QED) is 0.0351. The minimum atomic E-state index is -0.759. The zero-order valence-corrected chi connectivity index (χ0v) is 36.0. The monoisotopic (exact) mass is 751 g/mol. The second-order valence-electron chi connectivity index (χ2n) is 16.3. The lowest BCUT2D eigenvalue weighted by Gasteiger charge is -2.18. The zero-order valence-electron chi connectivity index (χ0n) is 36.0. The van der Waals surface area contributed by atoms with Crippen molar-refractivity contribution in [2.75, 3.05) is 13.2 Å². The van der Waals surface area contributed by atoms with Gasteiger partial charge in [-0.1, -0.05) is 220 Å². The van der Waals surface area contributed by atoms with Gasteiger partial charge >= 0.3 is 17.9 Å². The molecule has 2 atom stereocenters. The van der Waals surface area contributed by atoms with Gasteiger partial charge in [0.2, 0.25) is 0 Å². The molecule has 0 amide bonds. The molecule has 0 aromatic rings. The topological polar surface area (TPSA) is 78.9 Å². The van der Waals surface area contributed by atoms with Crippen molar-refractivity contribution >= 4 is 17.9 Å². The number of esters is 3. The van der Waals surface area contributed by atoms with Crippen LogP contribution in [0.15, 0.2) is 0 Å². The zero-order chi connectivity index (χ0) is 38.9. The molecule has 0 bridgehead atoms. The van der Waals surface area contributed by atoms with Crippen LogP contribution >= 0.6 is 0 Å². The van der Waals surface area contributed by atoms with Crippen molar-refractivity contribution in [3.63, 3.8) is 0 Å². The van der Waals surface area contributed by atoms with Crippen LogP contribution in [0.25, 0.3) is 0 Å². The third-order valence-corrected chi connectivity index (χ3v) is 10.9. The van der Waals surface area contributed by atoms with Gasteiger partial charge < -0.3 is 14.2 Å². The summed E-state index contributed by atoms with van der Waals surface area (Å²) in [5.74, 6) is -0.0117. The molecular weight excluding hydrogens is 661 g/mol. The number of ether oxygens (including phenoxy) is 3. The molecule has 0 spiro atoms. The van der Waals surface area contributed by atoms with E-state index in [0.717, 1.165) is 63.7 Å². The van der Waals surface area contributed by atoms with Crippen molar-refractivity contribution in [1.29, 1.82) is 0 Å². The van der Waals surface area contributed by atoms with E-state index in [1.807, 2.05) is 0 Å². The van der Waals surface area contributed by atoms with E-state index < -0.39 is 6.10 Å². The Labute approximate surface area is 329 Å². The largest absolute Gasteiger partial charge is 0.462 e. The summed E-state index contributed by atoms with van der Waals surface area (Å²) in [5.41, 5.74) is 0. The molecular formula is C47H90O6. The molecule has 1 unspecified atom stereocenters. The predicted octanol–water partition coefficient (Wildman–Crippen LogP) is 14.7. The minimum Gasteiger partial charge on any atom is -0.462 e. The lowest BCUT2D eigenvalue weighted by molar-refractivity contribution is -0.167. The van der Waals surface area contributed by atoms with Gasteiger partial charge in [0.15, 0.2) is 6.10 Å². The maximum atomic E-state index is 12.7. The van der Waals surface area contributed by atoms with Gasteiger partial charge in [0.05, 0.1) is 0 Å². The SMILES string of the molecule is CCCCCCCCCCCCCCCCCCC(=O)O[C@@H](COC(=O)CCCCCCCCC)COC(=O)CCCCCCCCCCC(C)CC. The van der Waals surface area contributed by atoms with Crippen molar-refractivity contribution < 1.29 is 28.6 Å². The highest BCUT2D eigenvalue weighted by Gasteiger charge is 2.19. The Balaban J connectivity index is 4.25. The van der Waals surface area contributed by atoms with Crippen LogP contribution in [-0.2, 0) is 28.6 Å². The molecule has 0 aromatic heterocycles. The molecule has 6 heteroatoms. The Morgan fingerprint density at radius 3 is 0.981 bits per heavy atom. The van der Waals surface area contributed by atoms with Crippen LogP contribution < -0.4 is 0 Å². The van der Waals surface area contributed by atoms with Crippen LogP contribution in [0.2, 0.25) is 0 Å². The Morgan fingerprint density at radius 2 is 0.660 bits per heavy atom. The molecule has 0 heterocycles. The molecule has 53 heavy (non-hydrogen) atoms. The maximum Gasteiger partial charge on any atom is 0.306 e. The smallest absolute Gasteiger partial charge is 0.306 e. The maximum absolute atomic E-state index is 12.7. The first kappa shape index (κ1) is 51.4. The Bertz CT molecular complexity index is 798. The van der Waals surface area contributed by atoms with E-state index in [1.165, 1.54) is 154 Å². The molecule has 0 saturated heterocycles. The van der Waals surface area contributed by atoms with Gasteiger partial charge in [-0.3, -0.25) is 14.4 Å². The normalized spacial score (nSPS) is 12.5. The summed E-state index contributed by atoms with van der Waals surface area (Å²) in [5, 5.41) is 0. The van der Waals surface area contributed by atoms with Crippen molar-refractivity contribution in [2.24, 2.45) is 5.92 Å². The number of unbranched alkanes of at least 4 members (excludes halogenated alkanes) is 28. The highest BCUT2D eigenvalue weighted by Crippen LogP contribution is 2.17. The van der Waals surface area contributed by atoms with Gasteiger partial charge in [0.1, 0.15) is 13.2 Å². The lowest BCUT2D eigenvalue weighted by Crippen LogP contribution is -2.30. The van der Waals surface area contributed by atoms with E-state index in [1.54, 1.807) is 0 Å². The first-order valence-electron chi connectivity index (χ1n) is 23.4. The van der Waals surface area contributed by atoms with Crippen LogP contribution in [0.4, 0.5) is 0 Å². The molecule has 0 aromatic carbocycles. The van der Waals surface area contributed by atoms with E-state index in [0.29, 0.717) is 19.3 Å². The Hall–Kier alpha value is -1.59. The van der Waals surface area contributed by atoms with Gasteiger partial charge in [0, 0.05) is 19.3 Å². The van der Waals surface area contributed by atoms with Crippen LogP contribution in [0.3, 0.4) is 0 Å². The number of hydrogen-bond donors (Lipinski definition) is 0. The van der Waals surface area contributed by atoms with Gasteiger partial charge in [-0.25, -0.2) is 0 Å². The molecule has 0 aliphatic carbocycles. The fourth-order valence-electron chi connectivity index (χ4n) is 6.95. The average Bonchev–Trinajstić information content (AvgIpc) is 3.15. The standard InChI is InChI=1S/C47H90O6/c1-5-8-10-12-14-15-16-17-18-19-20-21-22-28-32-36-40-47(50)53-44(41-51-45(48)38-34-30-25-13-11-9-6-2)42-52-46(49)39-35-31-27-24-23-26-29-33-37-43(4)7-3/h43-44H,5-42H2,1-4H3/t43?,44-/m0/s1. The average molecular weight is 751 g/mol. The second kappa shape index (κ2) is 41.6. The molecule has 314 valence electrons. The molecule has 0 radical (unpaired) electrons.